The summed E-state index contributed by atoms with van der Waals surface area (Å²) < 4.78 is 1.58. The molecule has 1 aromatic carbocycles. The summed E-state index contributed by atoms with van der Waals surface area (Å²) >= 11 is 2.79. The molecule has 134 valence electrons. The molecule has 0 unspecified atom stereocenters. The van der Waals surface area contributed by atoms with E-state index in [0.29, 0.717) is 22.7 Å². The standard InChI is InChI=1S/C20H20N2O2S2/c1-4-10-22-19(24)16-11-13(3)26-18(16)21-20(22)25-12-17(23)15-8-6-14(5-2)7-9-15/h4,6-9,11H,1,5,10,12H2,2-3H3. The van der Waals surface area contributed by atoms with Crippen molar-refractivity contribution in [2.75, 3.05) is 5.75 Å². The first-order valence-corrected chi connectivity index (χ1v) is 10.2. The molecule has 0 N–H and O–H groups in total. The molecule has 6 heteroatoms. The van der Waals surface area contributed by atoms with Gasteiger partial charge < -0.3 is 0 Å². The molecule has 0 aliphatic rings. The molecule has 3 aromatic rings. The molecule has 0 atom stereocenters. The Balaban J connectivity index is 1.87. The topological polar surface area (TPSA) is 52.0 Å². The van der Waals surface area contributed by atoms with Crippen LogP contribution in [0.25, 0.3) is 10.2 Å². The van der Waals surface area contributed by atoms with Gasteiger partial charge in [0.05, 0.1) is 11.1 Å². The highest BCUT2D eigenvalue weighted by Gasteiger charge is 2.15. The van der Waals surface area contributed by atoms with Crippen LogP contribution in [0.15, 0.2) is 52.9 Å². The van der Waals surface area contributed by atoms with Crippen LogP contribution in [0.3, 0.4) is 0 Å². The molecular weight excluding hydrogens is 364 g/mol. The van der Waals surface area contributed by atoms with Crippen molar-refractivity contribution in [3.63, 3.8) is 0 Å². The number of carbonyl (C=O) groups is 1. The molecule has 4 nitrogen and oxygen atoms in total. The van der Waals surface area contributed by atoms with Crippen LogP contribution in [0.2, 0.25) is 0 Å². The second kappa shape index (κ2) is 8.01. The third kappa shape index (κ3) is 3.81. The number of rotatable bonds is 7. The van der Waals surface area contributed by atoms with Gasteiger partial charge in [0.1, 0.15) is 4.83 Å². The van der Waals surface area contributed by atoms with Gasteiger partial charge >= 0.3 is 0 Å². The summed E-state index contributed by atoms with van der Waals surface area (Å²) in [7, 11) is 0. The largest absolute Gasteiger partial charge is 0.293 e. The zero-order valence-corrected chi connectivity index (χ0v) is 16.5. The first-order chi connectivity index (χ1) is 12.5. The lowest BCUT2D eigenvalue weighted by molar-refractivity contribution is 0.102. The second-order valence-electron chi connectivity index (χ2n) is 5.94. The maximum atomic E-state index is 12.7. The number of nitrogens with zero attached hydrogens (tertiary/aromatic N) is 2. The fourth-order valence-electron chi connectivity index (χ4n) is 2.66. The Kier molecular flexibility index (Phi) is 5.74. The van der Waals surface area contributed by atoms with Gasteiger partial charge in [0.2, 0.25) is 0 Å². The summed E-state index contributed by atoms with van der Waals surface area (Å²) in [6.07, 6.45) is 2.62. The van der Waals surface area contributed by atoms with Crippen LogP contribution in [0.4, 0.5) is 0 Å². The van der Waals surface area contributed by atoms with E-state index in [1.165, 1.54) is 28.7 Å². The smallest absolute Gasteiger partial charge is 0.263 e. The molecule has 0 spiro atoms. The van der Waals surface area contributed by atoms with Gasteiger partial charge in [-0.05, 0) is 25.0 Å². The van der Waals surface area contributed by atoms with Gasteiger partial charge in [0.15, 0.2) is 10.9 Å². The lowest BCUT2D eigenvalue weighted by Crippen LogP contribution is -2.22. The highest BCUT2D eigenvalue weighted by Crippen LogP contribution is 2.24. The van der Waals surface area contributed by atoms with Gasteiger partial charge in [0.25, 0.3) is 5.56 Å². The molecule has 2 aromatic heterocycles. The number of fused-ring (bicyclic) bond motifs is 1. The Morgan fingerprint density at radius 2 is 2.08 bits per heavy atom. The maximum Gasteiger partial charge on any atom is 0.263 e. The van der Waals surface area contributed by atoms with Gasteiger partial charge in [-0.25, -0.2) is 4.98 Å². The van der Waals surface area contributed by atoms with E-state index in [1.54, 1.807) is 10.6 Å². The maximum absolute atomic E-state index is 12.7. The van der Waals surface area contributed by atoms with Crippen molar-refractivity contribution in [3.05, 3.63) is 69.3 Å². The molecule has 0 amide bonds. The Morgan fingerprint density at radius 1 is 1.35 bits per heavy atom. The number of Topliss-reactive ketones (excluding diaryl/α,β-unsaturated/α-hetero) is 1. The molecule has 0 saturated carbocycles. The van der Waals surface area contributed by atoms with Gasteiger partial charge in [-0.15, -0.1) is 17.9 Å². The normalized spacial score (nSPS) is 11.0. The van der Waals surface area contributed by atoms with Gasteiger partial charge in [-0.1, -0.05) is 49.0 Å². The zero-order chi connectivity index (χ0) is 18.7. The number of benzene rings is 1. The van der Waals surface area contributed by atoms with Gasteiger partial charge in [-0.3, -0.25) is 14.2 Å². The molecule has 0 aliphatic carbocycles. The number of hydrogen-bond acceptors (Lipinski definition) is 5. The van der Waals surface area contributed by atoms with Crippen molar-refractivity contribution >= 4 is 39.1 Å². The third-order valence-corrected chi connectivity index (χ3v) is 5.99. The molecule has 0 bridgehead atoms. The summed E-state index contributed by atoms with van der Waals surface area (Å²) in [6.45, 7) is 8.14. The monoisotopic (exact) mass is 384 g/mol. The number of hydrogen-bond donors (Lipinski definition) is 0. The summed E-state index contributed by atoms with van der Waals surface area (Å²) in [6, 6.07) is 9.54. The average Bonchev–Trinajstić information content (AvgIpc) is 3.03. The molecule has 26 heavy (non-hydrogen) atoms. The van der Waals surface area contributed by atoms with Crippen molar-refractivity contribution in [2.45, 2.75) is 32.0 Å². The molecule has 0 fully saturated rings. The summed E-state index contributed by atoms with van der Waals surface area (Å²) in [5.41, 5.74) is 1.80. The third-order valence-electron chi connectivity index (χ3n) is 4.07. The molecule has 3 rings (SSSR count). The summed E-state index contributed by atoms with van der Waals surface area (Å²) in [4.78, 5) is 31.6. The van der Waals surface area contributed by atoms with Crippen molar-refractivity contribution in [3.8, 4) is 0 Å². The van der Waals surface area contributed by atoms with E-state index in [-0.39, 0.29) is 17.1 Å². The quantitative estimate of drug-likeness (QED) is 0.261. The lowest BCUT2D eigenvalue weighted by atomic mass is 10.1. The summed E-state index contributed by atoms with van der Waals surface area (Å²) in [5, 5.41) is 1.18. The zero-order valence-electron chi connectivity index (χ0n) is 14.8. The van der Waals surface area contributed by atoms with E-state index in [4.69, 9.17) is 0 Å². The Bertz CT molecular complexity index is 1020. The van der Waals surface area contributed by atoms with Crippen molar-refractivity contribution < 1.29 is 4.79 Å². The number of thioether (sulfide) groups is 1. The first kappa shape index (κ1) is 18.6. The molecule has 2 heterocycles. The van der Waals surface area contributed by atoms with E-state index in [0.717, 1.165) is 16.1 Å². The van der Waals surface area contributed by atoms with E-state index in [9.17, 15) is 9.59 Å². The SMILES string of the molecule is C=CCn1c(SCC(=O)c2ccc(CC)cc2)nc2sc(C)cc2c1=O. The molecular formula is C20H20N2O2S2. The number of carbonyl (C=O) groups excluding carboxylic acids is 1. The number of ketones is 1. The van der Waals surface area contributed by atoms with Crippen LogP contribution in [0.5, 0.6) is 0 Å². The Morgan fingerprint density at radius 3 is 2.73 bits per heavy atom. The van der Waals surface area contributed by atoms with Crippen LogP contribution in [-0.4, -0.2) is 21.1 Å². The first-order valence-electron chi connectivity index (χ1n) is 8.40. The predicted molar refractivity (Wildman–Crippen MR) is 110 cm³/mol. The van der Waals surface area contributed by atoms with Crippen LogP contribution in [-0.2, 0) is 13.0 Å². The predicted octanol–water partition coefficient (Wildman–Crippen LogP) is 4.49. The van der Waals surface area contributed by atoms with Crippen molar-refractivity contribution in [1.82, 2.24) is 9.55 Å². The number of allylic oxidation sites excluding steroid dienone is 1. The average molecular weight is 385 g/mol. The van der Waals surface area contributed by atoms with Gasteiger partial charge in [-0.2, -0.15) is 0 Å². The van der Waals surface area contributed by atoms with Crippen LogP contribution >= 0.6 is 23.1 Å². The fraction of sp³-hybridized carbons (Fsp3) is 0.250. The number of thiophene rings is 1. The Labute approximate surface area is 160 Å². The van der Waals surface area contributed by atoms with E-state index >= 15 is 0 Å². The molecule has 0 saturated heterocycles. The Hall–Kier alpha value is -2.18. The summed E-state index contributed by atoms with van der Waals surface area (Å²) in [5.74, 6) is 0.268. The van der Waals surface area contributed by atoms with Crippen molar-refractivity contribution in [2.24, 2.45) is 0 Å². The second-order valence-corrected chi connectivity index (χ2v) is 8.11. The molecule has 0 radical (unpaired) electrons. The van der Waals surface area contributed by atoms with E-state index < -0.39 is 0 Å². The van der Waals surface area contributed by atoms with E-state index in [1.807, 2.05) is 37.3 Å². The van der Waals surface area contributed by atoms with Gasteiger partial charge in [0, 0.05) is 17.0 Å². The lowest BCUT2D eigenvalue weighted by Gasteiger charge is -2.09. The number of aromatic nitrogens is 2. The van der Waals surface area contributed by atoms with Crippen LogP contribution in [0, 0.1) is 6.92 Å². The van der Waals surface area contributed by atoms with Crippen LogP contribution in [0.1, 0.15) is 27.7 Å². The number of aryl methyl sites for hydroxylation is 2. The van der Waals surface area contributed by atoms with Crippen molar-refractivity contribution in [1.29, 1.82) is 0 Å². The minimum absolute atomic E-state index is 0.0273. The van der Waals surface area contributed by atoms with Crippen LogP contribution < -0.4 is 5.56 Å². The highest BCUT2D eigenvalue weighted by atomic mass is 32.2. The highest BCUT2D eigenvalue weighted by molar-refractivity contribution is 7.99. The fourth-order valence-corrected chi connectivity index (χ4v) is 4.48. The minimum atomic E-state index is -0.0819. The molecule has 0 aliphatic heterocycles. The van der Waals surface area contributed by atoms with E-state index in [2.05, 4.69) is 18.5 Å². The minimum Gasteiger partial charge on any atom is -0.293 e.